The van der Waals surface area contributed by atoms with Crippen LogP contribution in [0.5, 0.6) is 0 Å². The number of benzene rings is 2. The van der Waals surface area contributed by atoms with Crippen molar-refractivity contribution in [3.8, 4) is 6.07 Å². The number of hydrogen-bond donors (Lipinski definition) is 2. The zero-order valence-corrected chi connectivity index (χ0v) is 20.4. The van der Waals surface area contributed by atoms with Gasteiger partial charge in [0.15, 0.2) is 0 Å². The van der Waals surface area contributed by atoms with Crippen molar-refractivity contribution in [3.05, 3.63) is 90.1 Å². The van der Waals surface area contributed by atoms with Crippen LogP contribution in [0.3, 0.4) is 0 Å². The second-order valence-electron chi connectivity index (χ2n) is 8.15. The zero-order chi connectivity index (χ0) is 26.1. The summed E-state index contributed by atoms with van der Waals surface area (Å²) in [5, 5.41) is 12.8. The Morgan fingerprint density at radius 3 is 2.61 bits per heavy atom. The monoisotopic (exact) mass is 504 g/mol. The van der Waals surface area contributed by atoms with Crippen molar-refractivity contribution >= 4 is 46.4 Å². The SMILES string of the molecule is COC(=O)/C=c1\sc2n(c1=O)C(N)=C(C#N)[C@@H](c1cccc(F)c1)C=2C(=O)Nc1ccc(C)c(C)c1. The van der Waals surface area contributed by atoms with Crippen molar-refractivity contribution in [2.75, 3.05) is 12.4 Å². The molecule has 8 nitrogen and oxygen atoms in total. The number of nitrogens with two attached hydrogens (primary N) is 1. The highest BCUT2D eigenvalue weighted by Crippen LogP contribution is 2.36. The highest BCUT2D eigenvalue weighted by Gasteiger charge is 2.36. The Labute approximate surface area is 209 Å². The minimum absolute atomic E-state index is 0.0243. The van der Waals surface area contributed by atoms with Crippen LogP contribution in [0.2, 0.25) is 0 Å². The lowest BCUT2D eigenvalue weighted by molar-refractivity contribution is -0.133. The van der Waals surface area contributed by atoms with E-state index in [2.05, 4.69) is 10.1 Å². The molecule has 3 aromatic rings. The van der Waals surface area contributed by atoms with Crippen LogP contribution >= 0.6 is 11.3 Å². The quantitative estimate of drug-likeness (QED) is 0.522. The predicted molar refractivity (Wildman–Crippen MR) is 134 cm³/mol. The van der Waals surface area contributed by atoms with Gasteiger partial charge in [0.1, 0.15) is 20.8 Å². The lowest BCUT2D eigenvalue weighted by Gasteiger charge is -2.25. The maximum Gasteiger partial charge on any atom is 0.332 e. The molecule has 0 saturated heterocycles. The number of aromatic nitrogens is 1. The van der Waals surface area contributed by atoms with Crippen molar-refractivity contribution in [2.24, 2.45) is 5.73 Å². The van der Waals surface area contributed by atoms with Crippen LogP contribution in [-0.4, -0.2) is 23.6 Å². The summed E-state index contributed by atoms with van der Waals surface area (Å²) in [6, 6.07) is 12.8. The maximum atomic E-state index is 14.2. The molecule has 0 unspecified atom stereocenters. The van der Waals surface area contributed by atoms with Crippen LogP contribution in [0.25, 0.3) is 17.5 Å². The van der Waals surface area contributed by atoms with E-state index in [0.717, 1.165) is 33.1 Å². The van der Waals surface area contributed by atoms with E-state index in [0.29, 0.717) is 11.3 Å². The van der Waals surface area contributed by atoms with E-state index >= 15 is 0 Å². The van der Waals surface area contributed by atoms with Crippen molar-refractivity contribution < 1.29 is 18.7 Å². The normalized spacial score (nSPS) is 15.4. The largest absolute Gasteiger partial charge is 0.466 e. The van der Waals surface area contributed by atoms with Gasteiger partial charge in [-0.15, -0.1) is 11.3 Å². The molecule has 0 saturated carbocycles. The van der Waals surface area contributed by atoms with Gasteiger partial charge < -0.3 is 15.8 Å². The number of methoxy groups -OCH3 is 1. The molecule has 3 N–H and O–H groups in total. The fourth-order valence-electron chi connectivity index (χ4n) is 3.97. The summed E-state index contributed by atoms with van der Waals surface area (Å²) >= 11 is 0.856. The minimum atomic E-state index is -1.05. The first-order chi connectivity index (χ1) is 17.2. The fraction of sp³-hybridized carbons (Fsp3) is 0.154. The Hall–Kier alpha value is -4.49. The van der Waals surface area contributed by atoms with Crippen molar-refractivity contribution in [2.45, 2.75) is 19.8 Å². The molecular formula is C26H21FN4O4S. The van der Waals surface area contributed by atoms with Gasteiger partial charge >= 0.3 is 5.97 Å². The number of aryl methyl sites for hydroxylation is 2. The molecule has 1 aliphatic heterocycles. The average molecular weight is 505 g/mol. The molecular weight excluding hydrogens is 483 g/mol. The van der Waals surface area contributed by atoms with E-state index in [1.54, 1.807) is 18.2 Å². The van der Waals surface area contributed by atoms with Gasteiger partial charge in [-0.1, -0.05) is 18.2 Å². The predicted octanol–water partition coefficient (Wildman–Crippen LogP) is 1.86. The Kier molecular flexibility index (Phi) is 6.59. The lowest BCUT2D eigenvalue weighted by atomic mass is 9.83. The summed E-state index contributed by atoms with van der Waals surface area (Å²) in [6.07, 6.45) is 0.994. The number of thiazole rings is 1. The first-order valence-electron chi connectivity index (χ1n) is 10.8. The second-order valence-corrected chi connectivity index (χ2v) is 9.18. The van der Waals surface area contributed by atoms with Gasteiger partial charge in [0.05, 0.1) is 30.2 Å². The molecule has 1 aromatic heterocycles. The molecule has 36 heavy (non-hydrogen) atoms. The standard InChI is InChI=1S/C26H21FN4O4S/c1-13-7-8-17(9-14(13)2)30-24(33)22-21(15-5-4-6-16(27)10-15)18(12-28)23(29)31-25(34)19(36-26(22)31)11-20(32)35-3/h4-11,21H,29H2,1-3H3,(H,30,33)/b19-11-/t21-/m1/s1. The Bertz CT molecular complexity index is 1680. The van der Waals surface area contributed by atoms with Crippen molar-refractivity contribution in [3.63, 3.8) is 0 Å². The van der Waals surface area contributed by atoms with Crippen molar-refractivity contribution in [1.29, 1.82) is 5.26 Å². The molecule has 2 heterocycles. The minimum Gasteiger partial charge on any atom is -0.466 e. The number of nitriles is 1. The van der Waals surface area contributed by atoms with Crippen molar-refractivity contribution in [1.82, 2.24) is 4.57 Å². The molecule has 10 heteroatoms. The number of ether oxygens (including phenoxy) is 1. The molecule has 1 amide bonds. The summed E-state index contributed by atoms with van der Waals surface area (Å²) in [4.78, 5) is 38.7. The van der Waals surface area contributed by atoms with Gasteiger partial charge in [0, 0.05) is 11.8 Å². The van der Waals surface area contributed by atoms with Gasteiger partial charge in [-0.3, -0.25) is 14.2 Å². The topological polar surface area (TPSA) is 127 Å². The molecule has 0 radical (unpaired) electrons. The third kappa shape index (κ3) is 4.32. The van der Waals surface area contributed by atoms with E-state index < -0.39 is 29.2 Å². The molecule has 0 aliphatic carbocycles. The van der Waals surface area contributed by atoms with E-state index in [9.17, 15) is 24.0 Å². The summed E-state index contributed by atoms with van der Waals surface area (Å²) in [7, 11) is 1.17. The number of nitrogens with zero attached hydrogens (tertiary/aromatic N) is 2. The zero-order valence-electron chi connectivity index (χ0n) is 19.6. The first kappa shape index (κ1) is 24.6. The number of amides is 1. The number of hydrogen-bond acceptors (Lipinski definition) is 7. The van der Waals surface area contributed by atoms with Gasteiger partial charge in [-0.05, 0) is 54.8 Å². The molecule has 0 spiro atoms. The van der Waals surface area contributed by atoms with Gasteiger partial charge in [-0.25, -0.2) is 9.18 Å². The van der Waals surface area contributed by atoms with E-state index in [4.69, 9.17) is 5.73 Å². The summed E-state index contributed by atoms with van der Waals surface area (Å²) in [6.45, 7) is 3.84. The van der Waals surface area contributed by atoms with Crippen LogP contribution in [0.1, 0.15) is 22.6 Å². The first-order valence-corrected chi connectivity index (χ1v) is 11.6. The fourth-order valence-corrected chi connectivity index (χ4v) is 5.11. The number of carbonyl (C=O) groups is 2. The molecule has 4 rings (SSSR count). The molecule has 1 aliphatic rings. The molecule has 2 aromatic carbocycles. The highest BCUT2D eigenvalue weighted by atomic mass is 32.1. The Balaban J connectivity index is 2.05. The number of carbonyl (C=O) groups excluding carboxylic acids is 2. The van der Waals surface area contributed by atoms with E-state index in [1.165, 1.54) is 25.3 Å². The summed E-state index contributed by atoms with van der Waals surface area (Å²) in [5.74, 6) is -3.19. The van der Waals surface area contributed by atoms with Crippen LogP contribution in [-0.2, 0) is 14.3 Å². The Morgan fingerprint density at radius 2 is 1.97 bits per heavy atom. The third-order valence-electron chi connectivity index (χ3n) is 5.91. The Morgan fingerprint density at radius 1 is 1.22 bits per heavy atom. The second kappa shape index (κ2) is 9.64. The number of allylic oxidation sites excluding steroid dienone is 1. The van der Waals surface area contributed by atoms with Crippen LogP contribution in [0.4, 0.5) is 10.1 Å². The number of esters is 1. The number of rotatable bonds is 4. The molecule has 0 bridgehead atoms. The molecule has 182 valence electrons. The summed E-state index contributed by atoms with van der Waals surface area (Å²) in [5.41, 5.74) is 8.30. The van der Waals surface area contributed by atoms with Gasteiger partial charge in [0.2, 0.25) is 0 Å². The van der Waals surface area contributed by atoms with Crippen LogP contribution in [0, 0.1) is 31.0 Å². The smallest absolute Gasteiger partial charge is 0.332 e. The summed E-state index contributed by atoms with van der Waals surface area (Å²) < 4.78 is 20.0. The van der Waals surface area contributed by atoms with Crippen LogP contribution in [0.15, 0.2) is 52.8 Å². The lowest BCUT2D eigenvalue weighted by Crippen LogP contribution is -2.40. The number of fused-ring (bicyclic) bond motifs is 1. The maximum absolute atomic E-state index is 14.2. The molecule has 1 atom stereocenters. The van der Waals surface area contributed by atoms with Gasteiger partial charge in [-0.2, -0.15) is 5.26 Å². The highest BCUT2D eigenvalue weighted by molar-refractivity contribution is 7.07. The van der Waals surface area contributed by atoms with E-state index in [1.807, 2.05) is 26.0 Å². The number of nitrogens with one attached hydrogen (secondary N) is 1. The number of halogens is 1. The molecule has 0 fully saturated rings. The third-order valence-corrected chi connectivity index (χ3v) is 7.02. The van der Waals surface area contributed by atoms with Crippen LogP contribution < -0.4 is 25.8 Å². The van der Waals surface area contributed by atoms with E-state index in [-0.39, 0.29) is 26.2 Å². The number of anilines is 1. The van der Waals surface area contributed by atoms with Gasteiger partial charge in [0.25, 0.3) is 11.5 Å². The average Bonchev–Trinajstić information content (AvgIpc) is 3.16.